The van der Waals surface area contributed by atoms with Crippen LogP contribution >= 0.6 is 12.2 Å². The molecule has 1 N–H and O–H groups in total. The molecule has 0 aliphatic heterocycles. The van der Waals surface area contributed by atoms with Crippen LogP contribution < -0.4 is 4.74 Å². The van der Waals surface area contributed by atoms with E-state index in [2.05, 4.69) is 15.5 Å². The quantitative estimate of drug-likeness (QED) is 0.489. The van der Waals surface area contributed by atoms with Gasteiger partial charge in [0.25, 0.3) is 0 Å². The maximum absolute atomic E-state index is 5.59. The summed E-state index contributed by atoms with van der Waals surface area (Å²) in [5.74, 6) is 0.757. The average molecular weight is 340 g/mol. The highest BCUT2D eigenvalue weighted by Gasteiger charge is 2.00. The molecule has 0 unspecified atom stereocenters. The number of nitrogens with one attached hydrogen (secondary N) is 1. The van der Waals surface area contributed by atoms with Gasteiger partial charge in [0.05, 0.1) is 38.7 Å². The van der Waals surface area contributed by atoms with Crippen molar-refractivity contribution in [1.29, 1.82) is 0 Å². The lowest BCUT2D eigenvalue weighted by Crippen LogP contribution is -2.12. The van der Waals surface area contributed by atoms with Gasteiger partial charge in [-0.1, -0.05) is 10.3 Å². The Labute approximate surface area is 139 Å². The molecule has 2 rings (SSSR count). The van der Waals surface area contributed by atoms with Crippen LogP contribution in [0.5, 0.6) is 5.75 Å². The van der Waals surface area contributed by atoms with Crippen LogP contribution in [0.2, 0.25) is 0 Å². The van der Waals surface area contributed by atoms with Gasteiger partial charge in [-0.2, -0.15) is 5.21 Å². The van der Waals surface area contributed by atoms with E-state index in [4.69, 9.17) is 31.2 Å². The molecule has 8 nitrogen and oxygen atoms in total. The second kappa shape index (κ2) is 10.1. The van der Waals surface area contributed by atoms with Crippen molar-refractivity contribution in [3.8, 4) is 11.4 Å². The molecule has 0 atom stereocenters. The zero-order valence-corrected chi connectivity index (χ0v) is 13.8. The minimum atomic E-state index is 0.375. The Hall–Kier alpha value is -1.81. The third-order valence-corrected chi connectivity index (χ3v) is 3.13. The van der Waals surface area contributed by atoms with Crippen LogP contribution in [0.4, 0.5) is 0 Å². The van der Waals surface area contributed by atoms with Gasteiger partial charge in [0, 0.05) is 7.11 Å². The molecule has 0 fully saturated rings. The molecule has 1 aromatic heterocycles. The molecule has 0 saturated heterocycles. The van der Waals surface area contributed by atoms with E-state index in [1.807, 2.05) is 24.3 Å². The topological polar surface area (TPSA) is 83.4 Å². The molecular weight excluding hydrogens is 320 g/mol. The number of tetrazole rings is 1. The molecule has 126 valence electrons. The third kappa shape index (κ3) is 6.06. The summed E-state index contributed by atoms with van der Waals surface area (Å²) in [5, 5.41) is 10.1. The minimum Gasteiger partial charge on any atom is -0.491 e. The highest BCUT2D eigenvalue weighted by molar-refractivity contribution is 7.71. The third-order valence-electron chi connectivity index (χ3n) is 2.87. The lowest BCUT2D eigenvalue weighted by molar-refractivity contribution is 0.0180. The molecule has 1 aromatic carbocycles. The molecule has 0 spiro atoms. The fraction of sp³-hybridized carbons (Fsp3) is 0.500. The van der Waals surface area contributed by atoms with E-state index in [0.717, 1.165) is 11.4 Å². The monoisotopic (exact) mass is 340 g/mol. The molecule has 0 saturated carbocycles. The number of ether oxygens (including phenoxy) is 4. The van der Waals surface area contributed by atoms with Crippen molar-refractivity contribution in [2.75, 3.05) is 46.8 Å². The summed E-state index contributed by atoms with van der Waals surface area (Å²) >= 11 is 5.04. The van der Waals surface area contributed by atoms with E-state index in [9.17, 15) is 0 Å². The minimum absolute atomic E-state index is 0.375. The maximum atomic E-state index is 5.59. The second-order valence-corrected chi connectivity index (χ2v) is 4.84. The fourth-order valence-corrected chi connectivity index (χ4v) is 1.93. The summed E-state index contributed by atoms with van der Waals surface area (Å²) < 4.78 is 23.1. The molecule has 2 aromatic rings. The number of benzene rings is 1. The molecular formula is C14H20N4O4S. The molecule has 0 aliphatic rings. The molecule has 9 heteroatoms. The Kier molecular flexibility index (Phi) is 7.67. The van der Waals surface area contributed by atoms with Crippen molar-refractivity contribution < 1.29 is 18.9 Å². The molecule has 0 bridgehead atoms. The SMILES string of the molecule is COCCOCCOCCOc1ccc(-n2[nH]nnc2=S)cc1. The van der Waals surface area contributed by atoms with Gasteiger partial charge >= 0.3 is 0 Å². The number of hydrogen-bond acceptors (Lipinski definition) is 7. The zero-order chi connectivity index (χ0) is 16.3. The summed E-state index contributed by atoms with van der Waals surface area (Å²) in [6.07, 6.45) is 0. The van der Waals surface area contributed by atoms with Crippen molar-refractivity contribution in [2.24, 2.45) is 0 Å². The summed E-state index contributed by atoms with van der Waals surface area (Å²) in [6, 6.07) is 7.45. The standard InChI is InChI=1S/C14H20N4O4S/c1-19-6-7-20-8-9-21-10-11-22-13-4-2-12(3-5-13)18-14(23)15-16-17-18/h2-5H,6-11H2,1H3,(H,15,17,23). The highest BCUT2D eigenvalue weighted by atomic mass is 32.1. The molecule has 0 radical (unpaired) electrons. The van der Waals surface area contributed by atoms with E-state index in [-0.39, 0.29) is 0 Å². The van der Waals surface area contributed by atoms with E-state index < -0.39 is 0 Å². The predicted octanol–water partition coefficient (Wildman–Crippen LogP) is 1.38. The Morgan fingerprint density at radius 1 is 1.00 bits per heavy atom. The van der Waals surface area contributed by atoms with Gasteiger partial charge in [0.1, 0.15) is 12.4 Å². The van der Waals surface area contributed by atoms with Gasteiger partial charge in [-0.15, -0.1) is 0 Å². The maximum Gasteiger partial charge on any atom is 0.242 e. The molecule has 0 amide bonds. The van der Waals surface area contributed by atoms with Crippen LogP contribution in [-0.2, 0) is 14.2 Å². The smallest absolute Gasteiger partial charge is 0.242 e. The first-order chi connectivity index (χ1) is 11.3. The van der Waals surface area contributed by atoms with Crippen LogP contribution in [0.3, 0.4) is 0 Å². The van der Waals surface area contributed by atoms with Gasteiger partial charge in [0.15, 0.2) is 0 Å². The lowest BCUT2D eigenvalue weighted by Gasteiger charge is -2.08. The van der Waals surface area contributed by atoms with Crippen LogP contribution in [0, 0.1) is 4.77 Å². The highest BCUT2D eigenvalue weighted by Crippen LogP contribution is 2.14. The molecule has 0 aliphatic carbocycles. The Balaban J connectivity index is 1.61. The number of hydrogen-bond donors (Lipinski definition) is 1. The van der Waals surface area contributed by atoms with E-state index in [1.165, 1.54) is 0 Å². The first-order valence-corrected chi connectivity index (χ1v) is 7.60. The largest absolute Gasteiger partial charge is 0.491 e. The van der Waals surface area contributed by atoms with Crippen LogP contribution in [0.1, 0.15) is 0 Å². The van der Waals surface area contributed by atoms with Gasteiger partial charge in [0.2, 0.25) is 4.77 Å². The van der Waals surface area contributed by atoms with Gasteiger partial charge in [-0.25, -0.2) is 4.68 Å². The van der Waals surface area contributed by atoms with Crippen molar-refractivity contribution in [3.05, 3.63) is 29.0 Å². The number of aromatic nitrogens is 4. The second-order valence-electron chi connectivity index (χ2n) is 4.48. The Morgan fingerprint density at radius 2 is 1.65 bits per heavy atom. The van der Waals surface area contributed by atoms with Crippen LogP contribution in [-0.4, -0.2) is 67.0 Å². The number of aromatic amines is 1. The van der Waals surface area contributed by atoms with Crippen molar-refractivity contribution in [1.82, 2.24) is 20.2 Å². The first-order valence-electron chi connectivity index (χ1n) is 7.19. The van der Waals surface area contributed by atoms with Crippen LogP contribution in [0.25, 0.3) is 5.69 Å². The molecule has 1 heterocycles. The van der Waals surface area contributed by atoms with Gasteiger partial charge < -0.3 is 18.9 Å². The summed E-state index contributed by atoms with van der Waals surface area (Å²) in [4.78, 5) is 0. The van der Waals surface area contributed by atoms with E-state index >= 15 is 0 Å². The first kappa shape index (κ1) is 17.5. The average Bonchev–Trinajstić information content (AvgIpc) is 3.00. The number of H-pyrrole nitrogens is 1. The number of methoxy groups -OCH3 is 1. The number of nitrogens with zero attached hydrogens (tertiary/aromatic N) is 3. The Morgan fingerprint density at radius 3 is 2.26 bits per heavy atom. The zero-order valence-electron chi connectivity index (χ0n) is 12.9. The van der Waals surface area contributed by atoms with Crippen molar-refractivity contribution >= 4 is 12.2 Å². The fourth-order valence-electron chi connectivity index (χ4n) is 1.74. The number of rotatable bonds is 11. The normalized spacial score (nSPS) is 10.8. The molecule has 23 heavy (non-hydrogen) atoms. The Bertz CT molecular complexity index is 614. The van der Waals surface area contributed by atoms with Crippen molar-refractivity contribution in [2.45, 2.75) is 0 Å². The van der Waals surface area contributed by atoms with Gasteiger partial charge in [-0.3, -0.25) is 0 Å². The summed E-state index contributed by atoms with van der Waals surface area (Å²) in [6.45, 7) is 3.25. The van der Waals surface area contributed by atoms with E-state index in [0.29, 0.717) is 44.4 Å². The predicted molar refractivity (Wildman–Crippen MR) is 85.6 cm³/mol. The van der Waals surface area contributed by atoms with E-state index in [1.54, 1.807) is 11.8 Å². The van der Waals surface area contributed by atoms with Crippen LogP contribution in [0.15, 0.2) is 24.3 Å². The van der Waals surface area contributed by atoms with Crippen molar-refractivity contribution in [3.63, 3.8) is 0 Å². The summed E-state index contributed by atoms with van der Waals surface area (Å²) in [7, 11) is 1.64. The van der Waals surface area contributed by atoms with Gasteiger partial charge in [-0.05, 0) is 36.5 Å². The lowest BCUT2D eigenvalue weighted by atomic mass is 10.3. The summed E-state index contributed by atoms with van der Waals surface area (Å²) in [5.41, 5.74) is 0.844.